The molecule has 0 radical (unpaired) electrons. The third-order valence-corrected chi connectivity index (χ3v) is 3.86. The van der Waals surface area contributed by atoms with E-state index in [1.165, 1.54) is 12.1 Å². The van der Waals surface area contributed by atoms with Crippen LogP contribution in [-0.4, -0.2) is 18.4 Å². The number of benzene rings is 1. The minimum atomic E-state index is -0.719. The van der Waals surface area contributed by atoms with E-state index in [0.29, 0.717) is 28.2 Å². The monoisotopic (exact) mass is 344 g/mol. The lowest BCUT2D eigenvalue weighted by atomic mass is 9.99. The molecule has 2 amide bonds. The van der Waals surface area contributed by atoms with Crippen LogP contribution in [0.4, 0.5) is 5.69 Å². The smallest absolute Gasteiger partial charge is 0.313 e. The zero-order valence-corrected chi connectivity index (χ0v) is 14.4. The van der Waals surface area contributed by atoms with Crippen LogP contribution in [0.15, 0.2) is 18.2 Å². The van der Waals surface area contributed by atoms with E-state index in [1.807, 2.05) is 0 Å². The highest BCUT2D eigenvalue weighted by atomic mass is 35.5. The Labute approximate surface area is 141 Å². The van der Waals surface area contributed by atoms with Crippen molar-refractivity contribution in [1.82, 2.24) is 5.32 Å². The summed E-state index contributed by atoms with van der Waals surface area (Å²) < 4.78 is 0. The van der Waals surface area contributed by atoms with Crippen molar-refractivity contribution in [2.75, 3.05) is 11.9 Å². The molecule has 0 spiro atoms. The number of unbranched alkanes of at least 4 members (excludes halogenated alkanes) is 1. The second-order valence-corrected chi connectivity index (χ2v) is 6.11. The minimum Gasteiger partial charge on any atom is -0.348 e. The minimum absolute atomic E-state index is 0.397. The van der Waals surface area contributed by atoms with Crippen molar-refractivity contribution >= 4 is 40.7 Å². The molecule has 1 atom stereocenters. The van der Waals surface area contributed by atoms with Gasteiger partial charge < -0.3 is 10.6 Å². The first kappa shape index (κ1) is 18.8. The number of hydrogen-bond acceptors (Lipinski definition) is 2. The molecule has 0 unspecified atom stereocenters. The molecule has 0 aliphatic carbocycles. The second kappa shape index (κ2) is 9.70. The summed E-state index contributed by atoms with van der Waals surface area (Å²) in [6.45, 7) is 4.73. The van der Waals surface area contributed by atoms with Crippen LogP contribution in [0.5, 0.6) is 0 Å². The fourth-order valence-electron chi connectivity index (χ4n) is 2.07. The first-order valence-corrected chi connectivity index (χ1v) is 8.27. The molecule has 0 aliphatic heterocycles. The molecule has 4 nitrogen and oxygen atoms in total. The van der Waals surface area contributed by atoms with Gasteiger partial charge in [0.1, 0.15) is 0 Å². The third-order valence-electron chi connectivity index (χ3n) is 3.42. The van der Waals surface area contributed by atoms with E-state index in [0.717, 1.165) is 25.7 Å². The topological polar surface area (TPSA) is 58.2 Å². The number of rotatable bonds is 7. The summed E-state index contributed by atoms with van der Waals surface area (Å²) in [5.74, 6) is -0.966. The maximum Gasteiger partial charge on any atom is 0.313 e. The van der Waals surface area contributed by atoms with Crippen molar-refractivity contribution in [2.24, 2.45) is 5.92 Å². The average Bonchev–Trinajstić information content (AvgIpc) is 2.46. The predicted molar refractivity (Wildman–Crippen MR) is 91.4 cm³/mol. The largest absolute Gasteiger partial charge is 0.348 e. The van der Waals surface area contributed by atoms with Crippen LogP contribution in [0.1, 0.15) is 39.5 Å². The number of halogens is 2. The molecule has 122 valence electrons. The highest BCUT2D eigenvalue weighted by Crippen LogP contribution is 2.22. The van der Waals surface area contributed by atoms with Crippen LogP contribution in [0.3, 0.4) is 0 Å². The molecule has 0 fully saturated rings. The maximum atomic E-state index is 11.8. The molecule has 1 aromatic carbocycles. The normalized spacial score (nSPS) is 11.8. The first-order chi connectivity index (χ1) is 10.5. The van der Waals surface area contributed by atoms with Gasteiger partial charge in [-0.1, -0.05) is 56.3 Å². The molecular formula is C16H22Cl2N2O2. The van der Waals surface area contributed by atoms with E-state index in [4.69, 9.17) is 23.2 Å². The molecule has 0 aliphatic rings. The van der Waals surface area contributed by atoms with Gasteiger partial charge in [0.25, 0.3) is 0 Å². The molecule has 0 aromatic heterocycles. The Morgan fingerprint density at radius 2 is 1.73 bits per heavy atom. The summed E-state index contributed by atoms with van der Waals surface area (Å²) >= 11 is 11.7. The highest BCUT2D eigenvalue weighted by molar-refractivity contribution is 6.40. The van der Waals surface area contributed by atoms with E-state index in [1.54, 1.807) is 6.07 Å². The number of carbonyl (C=O) groups is 2. The number of hydrogen-bond donors (Lipinski definition) is 2. The van der Waals surface area contributed by atoms with Crippen LogP contribution in [-0.2, 0) is 9.59 Å². The maximum absolute atomic E-state index is 11.8. The SMILES string of the molecule is CCCC[C@H](CC)CNC(=O)C(=O)Nc1cc(Cl)cc(Cl)c1. The van der Waals surface area contributed by atoms with Gasteiger partial charge in [0, 0.05) is 22.3 Å². The molecule has 1 aromatic rings. The summed E-state index contributed by atoms with van der Waals surface area (Å²) in [5, 5.41) is 5.96. The average molecular weight is 345 g/mol. The quantitative estimate of drug-likeness (QED) is 0.725. The first-order valence-electron chi connectivity index (χ1n) is 7.51. The molecule has 2 N–H and O–H groups in total. The molecule has 1 rings (SSSR count). The molecule has 0 heterocycles. The summed E-state index contributed by atoms with van der Waals surface area (Å²) in [4.78, 5) is 23.7. The Morgan fingerprint density at radius 3 is 2.27 bits per heavy atom. The van der Waals surface area contributed by atoms with Crippen LogP contribution in [0.25, 0.3) is 0 Å². The van der Waals surface area contributed by atoms with Crippen LogP contribution < -0.4 is 10.6 Å². The lowest BCUT2D eigenvalue weighted by molar-refractivity contribution is -0.136. The van der Waals surface area contributed by atoms with Gasteiger partial charge in [0.15, 0.2) is 0 Å². The predicted octanol–water partition coefficient (Wildman–Crippen LogP) is 4.26. The zero-order chi connectivity index (χ0) is 16.5. The number of nitrogens with one attached hydrogen (secondary N) is 2. The van der Waals surface area contributed by atoms with Crippen molar-refractivity contribution < 1.29 is 9.59 Å². The standard InChI is InChI=1S/C16H22Cl2N2O2/c1-3-5-6-11(4-2)10-19-15(21)16(22)20-14-8-12(17)7-13(18)9-14/h7-9,11H,3-6,10H2,1-2H3,(H,19,21)(H,20,22)/t11-/m0/s1. The summed E-state index contributed by atoms with van der Waals surface area (Å²) in [7, 11) is 0. The van der Waals surface area contributed by atoms with Crippen molar-refractivity contribution in [3.05, 3.63) is 28.2 Å². The Morgan fingerprint density at radius 1 is 1.09 bits per heavy atom. The van der Waals surface area contributed by atoms with Crippen LogP contribution in [0, 0.1) is 5.92 Å². The third kappa shape index (κ3) is 6.67. The van der Waals surface area contributed by atoms with Crippen molar-refractivity contribution in [3.8, 4) is 0 Å². The van der Waals surface area contributed by atoms with E-state index < -0.39 is 11.8 Å². The van der Waals surface area contributed by atoms with Gasteiger partial charge >= 0.3 is 11.8 Å². The molecule has 0 bridgehead atoms. The van der Waals surface area contributed by atoms with E-state index in [-0.39, 0.29) is 0 Å². The number of carbonyl (C=O) groups excluding carboxylic acids is 2. The number of anilines is 1. The molecule has 6 heteroatoms. The Hall–Kier alpha value is -1.26. The van der Waals surface area contributed by atoms with Gasteiger partial charge in [-0.25, -0.2) is 0 Å². The number of amides is 2. The van der Waals surface area contributed by atoms with E-state index >= 15 is 0 Å². The lowest BCUT2D eigenvalue weighted by Crippen LogP contribution is -2.38. The van der Waals surface area contributed by atoms with Crippen molar-refractivity contribution in [3.63, 3.8) is 0 Å². The van der Waals surface area contributed by atoms with Crippen molar-refractivity contribution in [1.29, 1.82) is 0 Å². The summed E-state index contributed by atoms with van der Waals surface area (Å²) in [6, 6.07) is 4.63. The zero-order valence-electron chi connectivity index (χ0n) is 12.9. The van der Waals surface area contributed by atoms with Crippen molar-refractivity contribution in [2.45, 2.75) is 39.5 Å². The summed E-state index contributed by atoms with van der Waals surface area (Å²) in [6.07, 6.45) is 4.28. The van der Waals surface area contributed by atoms with E-state index in [9.17, 15) is 9.59 Å². The fraction of sp³-hybridized carbons (Fsp3) is 0.500. The van der Waals surface area contributed by atoms with E-state index in [2.05, 4.69) is 24.5 Å². The van der Waals surface area contributed by atoms with Gasteiger partial charge in [-0.15, -0.1) is 0 Å². The van der Waals surface area contributed by atoms with Crippen LogP contribution in [0.2, 0.25) is 10.0 Å². The highest BCUT2D eigenvalue weighted by Gasteiger charge is 2.15. The lowest BCUT2D eigenvalue weighted by Gasteiger charge is -2.15. The Bertz CT molecular complexity index is 501. The molecular weight excluding hydrogens is 323 g/mol. The molecule has 22 heavy (non-hydrogen) atoms. The van der Waals surface area contributed by atoms with Crippen LogP contribution >= 0.6 is 23.2 Å². The van der Waals surface area contributed by atoms with Gasteiger partial charge in [-0.05, 0) is 30.5 Å². The Kier molecular flexibility index (Phi) is 8.28. The second-order valence-electron chi connectivity index (χ2n) is 5.24. The summed E-state index contributed by atoms with van der Waals surface area (Å²) in [5.41, 5.74) is 0.399. The fourth-order valence-corrected chi connectivity index (χ4v) is 2.60. The molecule has 0 saturated heterocycles. The van der Waals surface area contributed by atoms with Gasteiger partial charge in [-0.2, -0.15) is 0 Å². The van der Waals surface area contributed by atoms with Gasteiger partial charge in [0.2, 0.25) is 0 Å². The Balaban J connectivity index is 2.49. The van der Waals surface area contributed by atoms with Gasteiger partial charge in [0.05, 0.1) is 0 Å². The van der Waals surface area contributed by atoms with Gasteiger partial charge in [-0.3, -0.25) is 9.59 Å². The molecule has 0 saturated carbocycles.